The van der Waals surface area contributed by atoms with E-state index >= 15 is 0 Å². The van der Waals surface area contributed by atoms with E-state index < -0.39 is 0 Å². The minimum atomic E-state index is 0.805. The van der Waals surface area contributed by atoms with E-state index in [1.807, 2.05) is 0 Å². The topological polar surface area (TPSA) is 12.0 Å². The van der Waals surface area contributed by atoms with Crippen LogP contribution in [0.15, 0.2) is 0 Å². The first-order chi connectivity index (χ1) is 4.79. The molecule has 0 aliphatic heterocycles. The first-order valence-corrected chi connectivity index (χ1v) is 4.49. The van der Waals surface area contributed by atoms with Crippen molar-refractivity contribution in [3.05, 3.63) is 0 Å². The summed E-state index contributed by atoms with van der Waals surface area (Å²) in [4.78, 5) is 0. The summed E-state index contributed by atoms with van der Waals surface area (Å²) in [6.45, 7) is 6.93. The van der Waals surface area contributed by atoms with Crippen LogP contribution in [0.3, 0.4) is 0 Å². The molecular weight excluding hydrogens is 122 g/mol. The van der Waals surface area contributed by atoms with Crippen LogP contribution in [0, 0.1) is 11.8 Å². The van der Waals surface area contributed by atoms with Gasteiger partial charge in [0.25, 0.3) is 0 Å². The molecule has 1 heteroatoms. The van der Waals surface area contributed by atoms with Gasteiger partial charge >= 0.3 is 0 Å². The van der Waals surface area contributed by atoms with Gasteiger partial charge in [0.1, 0.15) is 0 Å². The molecule has 1 fully saturated rings. The molecule has 1 saturated carbocycles. The Balaban J connectivity index is 1.76. The summed E-state index contributed by atoms with van der Waals surface area (Å²) in [5.74, 6) is 1.89. The number of nitrogens with one attached hydrogen (secondary N) is 1. The lowest BCUT2D eigenvalue weighted by Crippen LogP contribution is -2.20. The third-order valence-corrected chi connectivity index (χ3v) is 1.98. The van der Waals surface area contributed by atoms with Crippen LogP contribution >= 0.6 is 0 Å². The smallest absolute Gasteiger partial charge is 0.00258 e. The molecule has 0 amide bonds. The van der Waals surface area contributed by atoms with Crippen molar-refractivity contribution >= 4 is 0 Å². The Kier molecular flexibility index (Phi) is 3.20. The standard InChI is InChI=1S/C9H19N/c1-8(2)7-10-6-5-9-3-4-9/h8-10H,3-7H2,1-2H3. The Morgan fingerprint density at radius 2 is 2.10 bits per heavy atom. The lowest BCUT2D eigenvalue weighted by molar-refractivity contribution is 0.531. The number of hydrogen-bond donors (Lipinski definition) is 1. The van der Waals surface area contributed by atoms with Crippen LogP contribution in [-0.4, -0.2) is 13.1 Å². The van der Waals surface area contributed by atoms with Crippen LogP contribution in [0.25, 0.3) is 0 Å². The fourth-order valence-corrected chi connectivity index (χ4v) is 1.10. The molecule has 1 aliphatic rings. The molecule has 0 heterocycles. The zero-order valence-electron chi connectivity index (χ0n) is 7.19. The highest BCUT2D eigenvalue weighted by atomic mass is 14.8. The van der Waals surface area contributed by atoms with Gasteiger partial charge in [-0.3, -0.25) is 0 Å². The third-order valence-electron chi connectivity index (χ3n) is 1.98. The highest BCUT2D eigenvalue weighted by molar-refractivity contribution is 4.73. The lowest BCUT2D eigenvalue weighted by atomic mass is 10.2. The molecule has 0 aromatic heterocycles. The van der Waals surface area contributed by atoms with Gasteiger partial charge < -0.3 is 5.32 Å². The summed E-state index contributed by atoms with van der Waals surface area (Å²) in [5, 5.41) is 3.46. The Labute approximate surface area is 64.2 Å². The number of hydrogen-bond acceptors (Lipinski definition) is 1. The molecule has 0 atom stereocenters. The fourth-order valence-electron chi connectivity index (χ4n) is 1.10. The zero-order valence-corrected chi connectivity index (χ0v) is 7.19. The Bertz CT molecular complexity index is 80.7. The van der Waals surface area contributed by atoms with E-state index in [1.54, 1.807) is 0 Å². The second-order valence-electron chi connectivity index (χ2n) is 3.83. The van der Waals surface area contributed by atoms with E-state index in [0.29, 0.717) is 0 Å². The molecule has 0 spiro atoms. The van der Waals surface area contributed by atoms with Crippen molar-refractivity contribution in [1.82, 2.24) is 5.32 Å². The zero-order chi connectivity index (χ0) is 7.40. The molecule has 60 valence electrons. The summed E-state index contributed by atoms with van der Waals surface area (Å²) >= 11 is 0. The average molecular weight is 141 g/mol. The van der Waals surface area contributed by atoms with Crippen LogP contribution in [0.4, 0.5) is 0 Å². The van der Waals surface area contributed by atoms with Crippen molar-refractivity contribution < 1.29 is 0 Å². The minimum Gasteiger partial charge on any atom is -0.316 e. The summed E-state index contributed by atoms with van der Waals surface area (Å²) < 4.78 is 0. The molecule has 0 saturated heterocycles. The fraction of sp³-hybridized carbons (Fsp3) is 1.00. The van der Waals surface area contributed by atoms with Crippen molar-refractivity contribution in [3.63, 3.8) is 0 Å². The predicted molar refractivity (Wildman–Crippen MR) is 45.0 cm³/mol. The molecule has 0 aromatic rings. The van der Waals surface area contributed by atoms with Crippen molar-refractivity contribution in [3.8, 4) is 0 Å². The maximum Gasteiger partial charge on any atom is -0.00258 e. The van der Waals surface area contributed by atoms with E-state index in [1.165, 1.54) is 32.4 Å². The SMILES string of the molecule is CC(C)CNCCC1CC1. The molecule has 0 bridgehead atoms. The molecule has 1 rings (SSSR count). The molecule has 10 heavy (non-hydrogen) atoms. The first-order valence-electron chi connectivity index (χ1n) is 4.49. The van der Waals surface area contributed by atoms with Gasteiger partial charge in [0.15, 0.2) is 0 Å². The minimum absolute atomic E-state index is 0.805. The third kappa shape index (κ3) is 3.89. The first kappa shape index (κ1) is 8.06. The van der Waals surface area contributed by atoms with Crippen molar-refractivity contribution in [2.24, 2.45) is 11.8 Å². The largest absolute Gasteiger partial charge is 0.316 e. The predicted octanol–water partition coefficient (Wildman–Crippen LogP) is 2.03. The molecule has 1 aliphatic carbocycles. The monoisotopic (exact) mass is 141 g/mol. The van der Waals surface area contributed by atoms with Crippen molar-refractivity contribution in [2.75, 3.05) is 13.1 Å². The molecule has 1 nitrogen and oxygen atoms in total. The summed E-state index contributed by atoms with van der Waals surface area (Å²) in [6.07, 6.45) is 4.39. The Morgan fingerprint density at radius 3 is 2.60 bits per heavy atom. The second kappa shape index (κ2) is 3.97. The van der Waals surface area contributed by atoms with Gasteiger partial charge in [-0.25, -0.2) is 0 Å². The van der Waals surface area contributed by atoms with Crippen LogP contribution in [-0.2, 0) is 0 Å². The van der Waals surface area contributed by atoms with Gasteiger partial charge in [0.05, 0.1) is 0 Å². The maximum absolute atomic E-state index is 3.46. The average Bonchev–Trinajstić information content (AvgIpc) is 2.62. The molecule has 0 aromatic carbocycles. The van der Waals surface area contributed by atoms with E-state index in [9.17, 15) is 0 Å². The summed E-state index contributed by atoms with van der Waals surface area (Å²) in [6, 6.07) is 0. The van der Waals surface area contributed by atoms with E-state index in [4.69, 9.17) is 0 Å². The highest BCUT2D eigenvalue weighted by Gasteiger charge is 2.19. The number of rotatable bonds is 5. The normalized spacial score (nSPS) is 18.3. The van der Waals surface area contributed by atoms with Gasteiger partial charge in [0.2, 0.25) is 0 Å². The maximum atomic E-state index is 3.46. The summed E-state index contributed by atoms with van der Waals surface area (Å²) in [5.41, 5.74) is 0. The van der Waals surface area contributed by atoms with Gasteiger partial charge in [-0.05, 0) is 31.3 Å². The van der Waals surface area contributed by atoms with E-state index in [2.05, 4.69) is 19.2 Å². The Hall–Kier alpha value is -0.0400. The van der Waals surface area contributed by atoms with Crippen LogP contribution in [0.2, 0.25) is 0 Å². The second-order valence-corrected chi connectivity index (χ2v) is 3.83. The molecule has 0 unspecified atom stereocenters. The van der Waals surface area contributed by atoms with E-state index in [0.717, 1.165) is 11.8 Å². The van der Waals surface area contributed by atoms with Crippen LogP contribution < -0.4 is 5.32 Å². The van der Waals surface area contributed by atoms with Crippen molar-refractivity contribution in [2.45, 2.75) is 33.1 Å². The lowest BCUT2D eigenvalue weighted by Gasteiger charge is -2.05. The van der Waals surface area contributed by atoms with Gasteiger partial charge in [-0.15, -0.1) is 0 Å². The molecular formula is C9H19N. The molecule has 1 N–H and O–H groups in total. The highest BCUT2D eigenvalue weighted by Crippen LogP contribution is 2.31. The van der Waals surface area contributed by atoms with Crippen molar-refractivity contribution in [1.29, 1.82) is 0 Å². The van der Waals surface area contributed by atoms with Gasteiger partial charge in [-0.1, -0.05) is 26.7 Å². The Morgan fingerprint density at radius 1 is 1.40 bits per heavy atom. The van der Waals surface area contributed by atoms with Gasteiger partial charge in [-0.2, -0.15) is 0 Å². The quantitative estimate of drug-likeness (QED) is 0.578. The van der Waals surface area contributed by atoms with Crippen LogP contribution in [0.5, 0.6) is 0 Å². The van der Waals surface area contributed by atoms with E-state index in [-0.39, 0.29) is 0 Å². The van der Waals surface area contributed by atoms with Gasteiger partial charge in [0, 0.05) is 0 Å². The summed E-state index contributed by atoms with van der Waals surface area (Å²) in [7, 11) is 0. The van der Waals surface area contributed by atoms with Crippen LogP contribution in [0.1, 0.15) is 33.1 Å². The molecule has 0 radical (unpaired) electrons.